The van der Waals surface area contributed by atoms with E-state index in [9.17, 15) is 4.79 Å². The predicted molar refractivity (Wildman–Crippen MR) is 94.6 cm³/mol. The lowest BCUT2D eigenvalue weighted by Gasteiger charge is -2.19. The number of carbonyl (C=O) groups is 1. The molecule has 0 saturated heterocycles. The number of hydrogen-bond acceptors (Lipinski definition) is 3. The van der Waals surface area contributed by atoms with Gasteiger partial charge >= 0.3 is 6.03 Å². The largest absolute Gasteiger partial charge is 0.437 e. The third-order valence-corrected chi connectivity index (χ3v) is 4.35. The van der Waals surface area contributed by atoms with E-state index in [0.29, 0.717) is 17.5 Å². The molecular formula is C19H23N3O2. The number of aryl methyl sites for hydroxylation is 1. The maximum Gasteiger partial charge on any atom is 0.321 e. The monoisotopic (exact) mass is 325 g/mol. The van der Waals surface area contributed by atoms with Gasteiger partial charge in [0, 0.05) is 19.8 Å². The van der Waals surface area contributed by atoms with Gasteiger partial charge in [-0.15, -0.1) is 0 Å². The molecule has 3 rings (SSSR count). The Labute approximate surface area is 142 Å². The molecule has 0 spiro atoms. The maximum atomic E-state index is 12.3. The fourth-order valence-electron chi connectivity index (χ4n) is 2.49. The first-order valence-electron chi connectivity index (χ1n) is 8.26. The van der Waals surface area contributed by atoms with Gasteiger partial charge in [0.15, 0.2) is 0 Å². The second-order valence-electron chi connectivity index (χ2n) is 6.41. The van der Waals surface area contributed by atoms with E-state index in [2.05, 4.69) is 10.3 Å². The number of rotatable bonds is 5. The third kappa shape index (κ3) is 3.85. The highest BCUT2D eigenvalue weighted by molar-refractivity contribution is 5.90. The van der Waals surface area contributed by atoms with Crippen molar-refractivity contribution in [3.8, 4) is 11.6 Å². The fourth-order valence-corrected chi connectivity index (χ4v) is 2.49. The molecule has 2 amide bonds. The zero-order valence-corrected chi connectivity index (χ0v) is 14.4. The second kappa shape index (κ2) is 6.91. The van der Waals surface area contributed by atoms with Crippen molar-refractivity contribution >= 4 is 11.7 Å². The van der Waals surface area contributed by atoms with Crippen molar-refractivity contribution < 1.29 is 9.53 Å². The molecule has 0 radical (unpaired) electrons. The van der Waals surface area contributed by atoms with Gasteiger partial charge in [0.05, 0.1) is 0 Å². The Morgan fingerprint density at radius 3 is 2.83 bits per heavy atom. The van der Waals surface area contributed by atoms with Crippen LogP contribution < -0.4 is 10.1 Å². The highest BCUT2D eigenvalue weighted by atomic mass is 16.5. The van der Waals surface area contributed by atoms with Crippen LogP contribution in [0.3, 0.4) is 0 Å². The van der Waals surface area contributed by atoms with Gasteiger partial charge in [-0.05, 0) is 61.9 Å². The number of urea groups is 1. The number of carbonyl (C=O) groups excluding carboxylic acids is 1. The van der Waals surface area contributed by atoms with E-state index in [4.69, 9.17) is 4.74 Å². The highest BCUT2D eigenvalue weighted by Crippen LogP contribution is 2.31. The molecule has 1 aromatic carbocycles. The first-order chi connectivity index (χ1) is 11.5. The summed E-state index contributed by atoms with van der Waals surface area (Å²) in [6.45, 7) is 4.84. The van der Waals surface area contributed by atoms with Crippen LogP contribution in [0.15, 0.2) is 36.5 Å². The van der Waals surface area contributed by atoms with E-state index in [1.807, 2.05) is 39.1 Å². The smallest absolute Gasteiger partial charge is 0.321 e. The summed E-state index contributed by atoms with van der Waals surface area (Å²) in [4.78, 5) is 18.3. The number of nitrogens with one attached hydrogen (secondary N) is 1. The minimum atomic E-state index is -0.138. The molecule has 2 aromatic rings. The summed E-state index contributed by atoms with van der Waals surface area (Å²) in [6.07, 6.45) is 4.08. The Bertz CT molecular complexity index is 741. The van der Waals surface area contributed by atoms with Crippen molar-refractivity contribution in [2.24, 2.45) is 5.92 Å². The van der Waals surface area contributed by atoms with Gasteiger partial charge in [0.1, 0.15) is 11.4 Å². The number of ether oxygens (including phenoxy) is 1. The van der Waals surface area contributed by atoms with Crippen molar-refractivity contribution in [3.63, 3.8) is 0 Å². The van der Waals surface area contributed by atoms with E-state index in [1.165, 1.54) is 12.8 Å². The topological polar surface area (TPSA) is 54.5 Å². The minimum Gasteiger partial charge on any atom is -0.437 e. The number of nitrogens with zero attached hydrogens (tertiary/aromatic N) is 2. The molecule has 1 fully saturated rings. The van der Waals surface area contributed by atoms with Gasteiger partial charge in [-0.25, -0.2) is 9.78 Å². The molecule has 0 atom stereocenters. The van der Waals surface area contributed by atoms with Gasteiger partial charge in [-0.2, -0.15) is 0 Å². The first kappa shape index (κ1) is 16.3. The van der Waals surface area contributed by atoms with Gasteiger partial charge in [-0.1, -0.05) is 12.1 Å². The van der Waals surface area contributed by atoms with Crippen molar-refractivity contribution in [1.29, 1.82) is 0 Å². The molecular weight excluding hydrogens is 302 g/mol. The molecule has 1 aliphatic carbocycles. The predicted octanol–water partition coefficient (Wildman–Crippen LogP) is 4.36. The van der Waals surface area contributed by atoms with Gasteiger partial charge in [0.2, 0.25) is 5.88 Å². The molecule has 5 heteroatoms. The SMILES string of the molecule is Cc1cccc(Oc2ncccc2NC(=O)N(C)CC2CC2)c1C. The Morgan fingerprint density at radius 1 is 1.29 bits per heavy atom. The summed E-state index contributed by atoms with van der Waals surface area (Å²) >= 11 is 0. The molecule has 1 aliphatic rings. The number of pyridine rings is 1. The fraction of sp³-hybridized carbons (Fsp3) is 0.368. The van der Waals surface area contributed by atoms with E-state index in [1.54, 1.807) is 23.2 Å². The van der Waals surface area contributed by atoms with E-state index in [-0.39, 0.29) is 6.03 Å². The quantitative estimate of drug-likeness (QED) is 0.888. The maximum absolute atomic E-state index is 12.3. The molecule has 126 valence electrons. The normalized spacial score (nSPS) is 13.5. The molecule has 24 heavy (non-hydrogen) atoms. The van der Waals surface area contributed by atoms with Crippen molar-refractivity contribution in [3.05, 3.63) is 47.7 Å². The summed E-state index contributed by atoms with van der Waals surface area (Å²) in [5.41, 5.74) is 2.79. The first-order valence-corrected chi connectivity index (χ1v) is 8.26. The summed E-state index contributed by atoms with van der Waals surface area (Å²) in [6, 6.07) is 9.34. The molecule has 5 nitrogen and oxygen atoms in total. The summed E-state index contributed by atoms with van der Waals surface area (Å²) in [5.74, 6) is 1.80. The molecule has 0 bridgehead atoms. The third-order valence-electron chi connectivity index (χ3n) is 4.35. The minimum absolute atomic E-state index is 0.138. The number of amides is 2. The highest BCUT2D eigenvalue weighted by Gasteiger charge is 2.25. The van der Waals surface area contributed by atoms with Crippen LogP contribution in [0.1, 0.15) is 24.0 Å². The number of aromatic nitrogens is 1. The average Bonchev–Trinajstić information content (AvgIpc) is 3.37. The number of benzene rings is 1. The van der Waals surface area contributed by atoms with Gasteiger partial charge in [0.25, 0.3) is 0 Å². The molecule has 1 aromatic heterocycles. The van der Waals surface area contributed by atoms with Crippen molar-refractivity contribution in [1.82, 2.24) is 9.88 Å². The molecule has 0 aliphatic heterocycles. The Hall–Kier alpha value is -2.56. The van der Waals surface area contributed by atoms with Crippen LogP contribution in [-0.4, -0.2) is 29.5 Å². The van der Waals surface area contributed by atoms with E-state index in [0.717, 1.165) is 23.4 Å². The van der Waals surface area contributed by atoms with Crippen LogP contribution in [0.4, 0.5) is 10.5 Å². The standard InChI is InChI=1S/C19H23N3O2/c1-13-6-4-8-17(14(13)2)24-18-16(7-5-11-20-18)21-19(23)22(3)12-15-9-10-15/h4-8,11,15H,9-10,12H2,1-3H3,(H,21,23). The molecule has 1 heterocycles. The van der Waals surface area contributed by atoms with Crippen LogP contribution in [0.25, 0.3) is 0 Å². The molecule has 0 unspecified atom stereocenters. The zero-order valence-electron chi connectivity index (χ0n) is 14.4. The van der Waals surface area contributed by atoms with Gasteiger partial charge < -0.3 is 15.0 Å². The lowest BCUT2D eigenvalue weighted by Crippen LogP contribution is -2.33. The Balaban J connectivity index is 1.75. The molecule has 1 N–H and O–H groups in total. The Morgan fingerprint density at radius 2 is 2.08 bits per heavy atom. The van der Waals surface area contributed by atoms with Crippen LogP contribution in [-0.2, 0) is 0 Å². The van der Waals surface area contributed by atoms with Gasteiger partial charge in [-0.3, -0.25) is 0 Å². The Kier molecular flexibility index (Phi) is 4.69. The average molecular weight is 325 g/mol. The zero-order chi connectivity index (χ0) is 17.1. The van der Waals surface area contributed by atoms with Crippen LogP contribution >= 0.6 is 0 Å². The molecule has 1 saturated carbocycles. The van der Waals surface area contributed by atoms with E-state index < -0.39 is 0 Å². The lowest BCUT2D eigenvalue weighted by atomic mass is 10.1. The second-order valence-corrected chi connectivity index (χ2v) is 6.41. The van der Waals surface area contributed by atoms with Crippen LogP contribution in [0, 0.1) is 19.8 Å². The summed E-state index contributed by atoms with van der Waals surface area (Å²) < 4.78 is 5.95. The lowest BCUT2D eigenvalue weighted by molar-refractivity contribution is 0.220. The number of hydrogen-bond donors (Lipinski definition) is 1. The van der Waals surface area contributed by atoms with Crippen LogP contribution in [0.5, 0.6) is 11.6 Å². The van der Waals surface area contributed by atoms with Crippen LogP contribution in [0.2, 0.25) is 0 Å². The number of anilines is 1. The van der Waals surface area contributed by atoms with Crippen molar-refractivity contribution in [2.45, 2.75) is 26.7 Å². The summed E-state index contributed by atoms with van der Waals surface area (Å²) in [5, 5.41) is 2.90. The van der Waals surface area contributed by atoms with E-state index >= 15 is 0 Å². The van der Waals surface area contributed by atoms with Crippen molar-refractivity contribution in [2.75, 3.05) is 18.9 Å². The summed E-state index contributed by atoms with van der Waals surface area (Å²) in [7, 11) is 1.81.